The molecule has 0 spiro atoms. The van der Waals surface area contributed by atoms with Gasteiger partial charge in [0.05, 0.1) is 25.4 Å². The van der Waals surface area contributed by atoms with Gasteiger partial charge in [0.2, 0.25) is 5.91 Å². The highest BCUT2D eigenvalue weighted by molar-refractivity contribution is 7.80. The fourth-order valence-corrected chi connectivity index (χ4v) is 4.96. The van der Waals surface area contributed by atoms with Crippen LogP contribution in [-0.4, -0.2) is 107 Å². The third-order valence-electron chi connectivity index (χ3n) is 7.01. The van der Waals surface area contributed by atoms with Crippen LogP contribution in [0.15, 0.2) is 36.5 Å². The minimum absolute atomic E-state index is 0.0294. The van der Waals surface area contributed by atoms with Gasteiger partial charge in [0, 0.05) is 6.42 Å². The van der Waals surface area contributed by atoms with Gasteiger partial charge in [-0.3, -0.25) is 9.35 Å². The van der Waals surface area contributed by atoms with Crippen LogP contribution >= 0.6 is 0 Å². The topological polar surface area (TPSA) is 212 Å². The maximum atomic E-state index is 12.7. The van der Waals surface area contributed by atoms with Crippen molar-refractivity contribution in [3.8, 4) is 0 Å². The van der Waals surface area contributed by atoms with Crippen molar-refractivity contribution < 1.29 is 57.0 Å². The normalized spacial score (nSPS) is 25.1. The zero-order valence-corrected chi connectivity index (χ0v) is 26.6. The van der Waals surface area contributed by atoms with E-state index in [2.05, 4.69) is 22.5 Å². The highest BCUT2D eigenvalue weighted by atomic mass is 32.3. The minimum atomic E-state index is -5.10. The molecule has 0 radical (unpaired) electrons. The van der Waals surface area contributed by atoms with E-state index in [4.69, 9.17) is 14.0 Å². The van der Waals surface area contributed by atoms with Gasteiger partial charge >= 0.3 is 10.4 Å². The number of hydrogen-bond acceptors (Lipinski definition) is 11. The fraction of sp³-hybridized carbons (Fsp3) is 0.767. The Hall–Kier alpha value is -1.72. The van der Waals surface area contributed by atoms with Crippen LogP contribution in [0.2, 0.25) is 0 Å². The molecule has 44 heavy (non-hydrogen) atoms. The highest BCUT2D eigenvalue weighted by Crippen LogP contribution is 2.25. The number of amides is 1. The van der Waals surface area contributed by atoms with E-state index in [-0.39, 0.29) is 6.42 Å². The Morgan fingerprint density at radius 2 is 1.61 bits per heavy atom. The second-order valence-electron chi connectivity index (χ2n) is 10.8. The molecule has 1 saturated heterocycles. The largest absolute Gasteiger partial charge is 0.397 e. The first-order chi connectivity index (χ1) is 20.9. The van der Waals surface area contributed by atoms with Crippen LogP contribution in [-0.2, 0) is 28.9 Å². The summed E-state index contributed by atoms with van der Waals surface area (Å²) in [6.07, 6.45) is 9.85. The molecule has 0 aliphatic carbocycles. The summed E-state index contributed by atoms with van der Waals surface area (Å²) in [5, 5.41) is 53.8. The van der Waals surface area contributed by atoms with E-state index in [0.717, 1.165) is 19.3 Å². The quantitative estimate of drug-likeness (QED) is 0.0479. The van der Waals surface area contributed by atoms with Crippen molar-refractivity contribution in [2.24, 2.45) is 0 Å². The lowest BCUT2D eigenvalue weighted by atomic mass is 9.99. The van der Waals surface area contributed by atoms with E-state index < -0.39 is 78.5 Å². The van der Waals surface area contributed by atoms with Crippen LogP contribution in [0.5, 0.6) is 0 Å². The molecule has 0 aromatic carbocycles. The number of allylic oxidation sites excluding steroid dienone is 4. The Balaban J connectivity index is 2.72. The summed E-state index contributed by atoms with van der Waals surface area (Å²) in [5.74, 6) is -0.786. The Labute approximate surface area is 261 Å². The van der Waals surface area contributed by atoms with Crippen molar-refractivity contribution >= 4 is 16.3 Å². The summed E-state index contributed by atoms with van der Waals surface area (Å²) in [5.41, 5.74) is 0. The number of nitrogens with one attached hydrogen (secondary N) is 1. The average Bonchev–Trinajstić information content (AvgIpc) is 2.98. The predicted molar refractivity (Wildman–Crippen MR) is 164 cm³/mol. The molecule has 1 heterocycles. The smallest absolute Gasteiger partial charge is 0.394 e. The van der Waals surface area contributed by atoms with Gasteiger partial charge in [-0.2, -0.15) is 8.42 Å². The first kappa shape index (κ1) is 40.3. The maximum absolute atomic E-state index is 12.7. The number of rotatable bonds is 23. The summed E-state index contributed by atoms with van der Waals surface area (Å²) >= 11 is 0. The van der Waals surface area contributed by atoms with Crippen LogP contribution in [0.25, 0.3) is 0 Å². The minimum Gasteiger partial charge on any atom is -0.394 e. The van der Waals surface area contributed by atoms with Crippen LogP contribution in [0, 0.1) is 0 Å². The Morgan fingerprint density at radius 1 is 0.932 bits per heavy atom. The molecule has 0 bridgehead atoms. The summed E-state index contributed by atoms with van der Waals surface area (Å²) in [4.78, 5) is 12.7. The van der Waals surface area contributed by atoms with Crippen LogP contribution in [0.3, 0.4) is 0 Å². The van der Waals surface area contributed by atoms with E-state index in [1.807, 2.05) is 19.1 Å². The molecule has 1 fully saturated rings. The maximum Gasteiger partial charge on any atom is 0.397 e. The summed E-state index contributed by atoms with van der Waals surface area (Å²) in [7, 11) is -5.10. The van der Waals surface area contributed by atoms with Crippen LogP contribution in [0.4, 0.5) is 0 Å². The monoisotopic (exact) mass is 651 g/mol. The lowest BCUT2D eigenvalue weighted by molar-refractivity contribution is -0.298. The molecule has 13 nitrogen and oxygen atoms in total. The van der Waals surface area contributed by atoms with Gasteiger partial charge in [-0.05, 0) is 25.7 Å². The third-order valence-corrected chi connectivity index (χ3v) is 7.48. The summed E-state index contributed by atoms with van der Waals surface area (Å²) in [6, 6.07) is -1.14. The number of aliphatic hydroxyl groups is 5. The number of carbonyl (C=O) groups excluding carboxylic acids is 1. The molecule has 0 aromatic rings. The standard InChI is InChI=1S/C30H53NO12S/c1-3-5-7-8-9-10-11-12-13-14-15-17-19-24(34)29(37)31-22(23(33)18-16-6-4-2)21-41-30-27(36)28(43-44(38,39)40)26(35)25(20-32)42-30/h12-13,15-18,22-28,30,32-36H,3-11,14,19-21H2,1-2H3,(H,31,37)(H,38,39,40)/b13-12-,17-15-,18-16+. The van der Waals surface area contributed by atoms with Crippen molar-refractivity contribution in [1.82, 2.24) is 5.32 Å². The SMILES string of the molecule is CCC/C=C/C(O)C(COC1OC(CO)C(O)C(OS(=O)(=O)O)C1O)NC(=O)C(O)C/C=C\C/C=C\CCCCCCCC. The molecule has 14 heteroatoms. The molecular weight excluding hydrogens is 598 g/mol. The number of ether oxygens (including phenoxy) is 2. The van der Waals surface area contributed by atoms with E-state index in [1.165, 1.54) is 38.2 Å². The molecule has 0 saturated carbocycles. The van der Waals surface area contributed by atoms with Crippen molar-refractivity contribution in [3.63, 3.8) is 0 Å². The van der Waals surface area contributed by atoms with Crippen molar-refractivity contribution in [3.05, 3.63) is 36.5 Å². The number of aliphatic hydroxyl groups excluding tert-OH is 5. The van der Waals surface area contributed by atoms with Crippen LogP contribution < -0.4 is 5.32 Å². The number of carbonyl (C=O) groups is 1. The second-order valence-corrected chi connectivity index (χ2v) is 11.9. The highest BCUT2D eigenvalue weighted by Gasteiger charge is 2.48. The molecular formula is C30H53NO12S. The molecule has 1 aliphatic rings. The lowest BCUT2D eigenvalue weighted by Gasteiger charge is -2.41. The Morgan fingerprint density at radius 3 is 2.27 bits per heavy atom. The molecule has 8 unspecified atom stereocenters. The van der Waals surface area contributed by atoms with Gasteiger partial charge in [-0.25, -0.2) is 4.18 Å². The van der Waals surface area contributed by atoms with E-state index in [0.29, 0.717) is 12.8 Å². The van der Waals surface area contributed by atoms with Crippen molar-refractivity contribution in [2.75, 3.05) is 13.2 Å². The van der Waals surface area contributed by atoms with Gasteiger partial charge in [-0.1, -0.05) is 88.8 Å². The molecule has 1 amide bonds. The van der Waals surface area contributed by atoms with Gasteiger partial charge in [0.1, 0.15) is 30.5 Å². The van der Waals surface area contributed by atoms with Crippen molar-refractivity contribution in [1.29, 1.82) is 0 Å². The van der Waals surface area contributed by atoms with E-state index >= 15 is 0 Å². The Bertz CT molecular complexity index is 973. The molecule has 8 atom stereocenters. The van der Waals surface area contributed by atoms with Crippen molar-refractivity contribution in [2.45, 2.75) is 133 Å². The predicted octanol–water partition coefficient (Wildman–Crippen LogP) is 1.84. The fourth-order valence-electron chi connectivity index (χ4n) is 4.45. The third kappa shape index (κ3) is 16.5. The lowest BCUT2D eigenvalue weighted by Crippen LogP contribution is -2.61. The zero-order valence-electron chi connectivity index (χ0n) is 25.8. The molecule has 1 rings (SSSR count). The number of unbranched alkanes of at least 4 members (excludes halogenated alkanes) is 7. The summed E-state index contributed by atoms with van der Waals surface area (Å²) in [6.45, 7) is 2.83. The van der Waals surface area contributed by atoms with E-state index in [1.54, 1.807) is 12.2 Å². The molecule has 1 aliphatic heterocycles. The second kappa shape index (κ2) is 22.7. The number of hydrogen-bond donors (Lipinski definition) is 7. The molecule has 0 aromatic heterocycles. The van der Waals surface area contributed by atoms with Gasteiger partial charge in [0.15, 0.2) is 6.29 Å². The summed E-state index contributed by atoms with van der Waals surface area (Å²) < 4.78 is 46.6. The average molecular weight is 652 g/mol. The Kier molecular flexibility index (Phi) is 20.8. The first-order valence-corrected chi connectivity index (χ1v) is 16.8. The van der Waals surface area contributed by atoms with Crippen LogP contribution in [0.1, 0.15) is 84.5 Å². The van der Waals surface area contributed by atoms with E-state index in [9.17, 15) is 38.7 Å². The van der Waals surface area contributed by atoms with Gasteiger partial charge in [0.25, 0.3) is 0 Å². The zero-order chi connectivity index (χ0) is 33.0. The van der Waals surface area contributed by atoms with Gasteiger partial charge < -0.3 is 40.3 Å². The molecule has 256 valence electrons. The first-order valence-electron chi connectivity index (χ1n) is 15.5. The van der Waals surface area contributed by atoms with Gasteiger partial charge in [-0.15, -0.1) is 0 Å². The molecule has 7 N–H and O–H groups in total.